The van der Waals surface area contributed by atoms with Crippen molar-refractivity contribution in [3.8, 4) is 0 Å². The highest BCUT2D eigenvalue weighted by Crippen LogP contribution is 2.57. The van der Waals surface area contributed by atoms with Gasteiger partial charge in [0.05, 0.1) is 13.2 Å². The number of rotatable bonds is 4. The van der Waals surface area contributed by atoms with Gasteiger partial charge in [0.25, 0.3) is 5.95 Å². The maximum Gasteiger partial charge on any atom is 0.266 e. The Morgan fingerprint density at radius 2 is 1.95 bits per heavy atom. The molecule has 3 atom stereocenters. The second-order valence-electron chi connectivity index (χ2n) is 5.67. The van der Waals surface area contributed by atoms with Crippen molar-refractivity contribution in [3.63, 3.8) is 0 Å². The summed E-state index contributed by atoms with van der Waals surface area (Å²) in [4.78, 5) is 6.55. The largest absolute Gasteiger partial charge is 0.381 e. The van der Waals surface area contributed by atoms with Gasteiger partial charge in [-0.15, -0.1) is 0 Å². The van der Waals surface area contributed by atoms with E-state index in [-0.39, 0.29) is 0 Å². The first-order chi connectivity index (χ1) is 9.83. The van der Waals surface area contributed by atoms with Crippen molar-refractivity contribution in [1.29, 1.82) is 0 Å². The number of hydrogen-bond donors (Lipinski definition) is 0. The zero-order valence-corrected chi connectivity index (χ0v) is 11.4. The Morgan fingerprint density at radius 1 is 1.20 bits per heavy atom. The molecule has 1 aromatic heterocycles. The molecule has 0 N–H and O–H groups in total. The summed E-state index contributed by atoms with van der Waals surface area (Å²) in [7, 11) is 1.98. The Labute approximate surface area is 117 Å². The van der Waals surface area contributed by atoms with Gasteiger partial charge in [0.1, 0.15) is 0 Å². The van der Waals surface area contributed by atoms with Crippen molar-refractivity contribution in [2.45, 2.75) is 12.5 Å². The average molecular weight is 271 g/mol. The fourth-order valence-corrected chi connectivity index (χ4v) is 3.05. The molecule has 2 aliphatic rings. The highest BCUT2D eigenvalue weighted by atomic mass is 16.5. The van der Waals surface area contributed by atoms with Gasteiger partial charge in [0.15, 0.2) is 0 Å². The smallest absolute Gasteiger partial charge is 0.266 e. The van der Waals surface area contributed by atoms with E-state index in [4.69, 9.17) is 9.26 Å². The van der Waals surface area contributed by atoms with Crippen molar-refractivity contribution in [1.82, 2.24) is 10.1 Å². The van der Waals surface area contributed by atoms with Gasteiger partial charge < -0.3 is 14.2 Å². The van der Waals surface area contributed by atoms with E-state index in [2.05, 4.69) is 22.3 Å². The third-order valence-electron chi connectivity index (χ3n) is 4.27. The quantitative estimate of drug-likeness (QED) is 0.852. The summed E-state index contributed by atoms with van der Waals surface area (Å²) in [5, 5.41) is 4.10. The van der Waals surface area contributed by atoms with Crippen molar-refractivity contribution in [2.75, 3.05) is 25.2 Å². The number of fused-ring (bicyclic) bond motifs is 1. The van der Waals surface area contributed by atoms with Crippen LogP contribution in [0.4, 0.5) is 5.95 Å². The fraction of sp³-hybridized carbons (Fsp3) is 0.467. The highest BCUT2D eigenvalue weighted by molar-refractivity contribution is 5.31. The van der Waals surface area contributed by atoms with Crippen LogP contribution in [0.1, 0.15) is 17.4 Å². The van der Waals surface area contributed by atoms with Crippen LogP contribution in [0.25, 0.3) is 0 Å². The Morgan fingerprint density at radius 3 is 2.70 bits per heavy atom. The molecule has 1 aromatic carbocycles. The minimum atomic E-state index is 0.426. The van der Waals surface area contributed by atoms with E-state index in [1.54, 1.807) is 0 Å². The molecular formula is C15H17N3O2. The summed E-state index contributed by atoms with van der Waals surface area (Å²) < 4.78 is 10.8. The van der Waals surface area contributed by atoms with Crippen LogP contribution < -0.4 is 4.90 Å². The molecule has 104 valence electrons. The van der Waals surface area contributed by atoms with E-state index in [1.807, 2.05) is 30.1 Å². The monoisotopic (exact) mass is 271 g/mol. The number of benzene rings is 1. The second-order valence-corrected chi connectivity index (χ2v) is 5.67. The number of nitrogens with zero attached hydrogens (tertiary/aromatic N) is 3. The van der Waals surface area contributed by atoms with Gasteiger partial charge in [0, 0.05) is 19.5 Å². The SMILES string of the molecule is CN(Cc1ccccc1)c1noc(C2[C@H]3COC[C@@H]23)n1. The third kappa shape index (κ3) is 1.98. The van der Waals surface area contributed by atoms with Crippen molar-refractivity contribution < 1.29 is 9.26 Å². The van der Waals surface area contributed by atoms with E-state index in [0.29, 0.717) is 23.7 Å². The van der Waals surface area contributed by atoms with Gasteiger partial charge >= 0.3 is 0 Å². The standard InChI is InChI=1S/C15H17N3O2/c1-18(7-10-5-3-2-4-6-10)15-16-14(20-17-15)13-11-8-19-9-12(11)13/h2-6,11-13H,7-9H2,1H3/t11-,12+,13?. The summed E-state index contributed by atoms with van der Waals surface area (Å²) in [5.41, 5.74) is 1.23. The van der Waals surface area contributed by atoms with Crippen LogP contribution in [-0.4, -0.2) is 30.4 Å². The Kier molecular flexibility index (Phi) is 2.73. The Hall–Kier alpha value is -1.88. The first-order valence-electron chi connectivity index (χ1n) is 6.99. The zero-order chi connectivity index (χ0) is 13.5. The lowest BCUT2D eigenvalue weighted by atomic mass is 10.2. The molecule has 0 spiro atoms. The minimum Gasteiger partial charge on any atom is -0.381 e. The predicted octanol–water partition coefficient (Wildman–Crippen LogP) is 2.07. The van der Waals surface area contributed by atoms with Gasteiger partial charge in [-0.05, 0) is 22.6 Å². The Balaban J connectivity index is 1.45. The van der Waals surface area contributed by atoms with Crippen molar-refractivity contribution in [3.05, 3.63) is 41.8 Å². The number of aromatic nitrogens is 2. The molecule has 0 amide bonds. The van der Waals surface area contributed by atoms with Gasteiger partial charge in [-0.2, -0.15) is 4.98 Å². The topological polar surface area (TPSA) is 51.4 Å². The molecule has 1 saturated carbocycles. The molecule has 1 unspecified atom stereocenters. The third-order valence-corrected chi connectivity index (χ3v) is 4.27. The normalized spacial score (nSPS) is 27.4. The van der Waals surface area contributed by atoms with Crippen LogP contribution in [-0.2, 0) is 11.3 Å². The average Bonchev–Trinajstić information content (AvgIpc) is 2.90. The maximum atomic E-state index is 5.43. The first kappa shape index (κ1) is 11.9. The lowest BCUT2D eigenvalue weighted by Gasteiger charge is -2.13. The molecule has 1 saturated heterocycles. The molecule has 5 nitrogen and oxygen atoms in total. The molecule has 2 fully saturated rings. The van der Waals surface area contributed by atoms with Gasteiger partial charge in [-0.1, -0.05) is 30.3 Å². The van der Waals surface area contributed by atoms with Crippen molar-refractivity contribution in [2.24, 2.45) is 11.8 Å². The van der Waals surface area contributed by atoms with Gasteiger partial charge in [0.2, 0.25) is 5.89 Å². The molecule has 2 aromatic rings. The Bertz CT molecular complexity index is 588. The van der Waals surface area contributed by atoms with Crippen LogP contribution in [0, 0.1) is 11.8 Å². The van der Waals surface area contributed by atoms with Crippen LogP contribution in [0.3, 0.4) is 0 Å². The summed E-state index contributed by atoms with van der Waals surface area (Å²) in [6.07, 6.45) is 0. The summed E-state index contributed by atoms with van der Waals surface area (Å²) in [6.45, 7) is 2.46. The molecule has 20 heavy (non-hydrogen) atoms. The van der Waals surface area contributed by atoms with Crippen LogP contribution in [0.5, 0.6) is 0 Å². The molecule has 2 heterocycles. The zero-order valence-electron chi connectivity index (χ0n) is 11.4. The lowest BCUT2D eigenvalue weighted by molar-refractivity contribution is 0.155. The highest BCUT2D eigenvalue weighted by Gasteiger charge is 2.57. The second kappa shape index (κ2) is 4.59. The predicted molar refractivity (Wildman–Crippen MR) is 73.4 cm³/mol. The summed E-state index contributed by atoms with van der Waals surface area (Å²) >= 11 is 0. The number of anilines is 1. The molecule has 1 aliphatic carbocycles. The number of hydrogen-bond acceptors (Lipinski definition) is 5. The van der Waals surface area contributed by atoms with Crippen LogP contribution in [0.2, 0.25) is 0 Å². The van der Waals surface area contributed by atoms with Crippen LogP contribution >= 0.6 is 0 Å². The van der Waals surface area contributed by atoms with Crippen LogP contribution in [0.15, 0.2) is 34.9 Å². The maximum absolute atomic E-state index is 5.43. The van der Waals surface area contributed by atoms with E-state index >= 15 is 0 Å². The molecule has 0 bridgehead atoms. The van der Waals surface area contributed by atoms with Gasteiger partial charge in [-0.3, -0.25) is 0 Å². The lowest BCUT2D eigenvalue weighted by Crippen LogP contribution is -2.17. The summed E-state index contributed by atoms with van der Waals surface area (Å²) in [6, 6.07) is 10.3. The minimum absolute atomic E-state index is 0.426. The van der Waals surface area contributed by atoms with E-state index in [1.165, 1.54) is 5.56 Å². The van der Waals surface area contributed by atoms with Crippen molar-refractivity contribution >= 4 is 5.95 Å². The van der Waals surface area contributed by atoms with Gasteiger partial charge in [-0.25, -0.2) is 0 Å². The summed E-state index contributed by atoms with van der Waals surface area (Å²) in [5.74, 6) is 3.06. The first-order valence-corrected chi connectivity index (χ1v) is 6.99. The number of ether oxygens (including phenoxy) is 1. The van der Waals surface area contributed by atoms with E-state index in [9.17, 15) is 0 Å². The molecule has 1 aliphatic heterocycles. The molecule has 0 radical (unpaired) electrons. The molecule has 4 rings (SSSR count). The van der Waals surface area contributed by atoms with E-state index in [0.717, 1.165) is 25.6 Å². The van der Waals surface area contributed by atoms with E-state index < -0.39 is 0 Å². The molecular weight excluding hydrogens is 254 g/mol. The fourth-order valence-electron chi connectivity index (χ4n) is 3.05. The molecule has 5 heteroatoms.